The monoisotopic (exact) mass is 745 g/mol. The Bertz CT molecular complexity index is 1650. The van der Waals surface area contributed by atoms with Crippen LogP contribution in [-0.2, 0) is 24.6 Å². The summed E-state index contributed by atoms with van der Waals surface area (Å²) in [5, 5.41) is 6.24. The van der Waals surface area contributed by atoms with Crippen molar-refractivity contribution in [2.24, 2.45) is 11.8 Å². The largest absolute Gasteiger partial charge is 0.354 e. The Hall–Kier alpha value is -4.50. The molecule has 1 saturated carbocycles. The van der Waals surface area contributed by atoms with Crippen molar-refractivity contribution in [1.82, 2.24) is 25.3 Å². The summed E-state index contributed by atoms with van der Waals surface area (Å²) in [5.41, 5.74) is 2.11. The summed E-state index contributed by atoms with van der Waals surface area (Å²) >= 11 is 0. The van der Waals surface area contributed by atoms with Gasteiger partial charge in [0.1, 0.15) is 12.1 Å². The summed E-state index contributed by atoms with van der Waals surface area (Å²) in [5.74, 6) is 0.543. The van der Waals surface area contributed by atoms with Gasteiger partial charge in [0.05, 0.1) is 5.41 Å². The molecule has 0 spiro atoms. The van der Waals surface area contributed by atoms with Crippen LogP contribution in [0.25, 0.3) is 0 Å². The molecule has 9 heteroatoms. The van der Waals surface area contributed by atoms with Gasteiger partial charge in [0.15, 0.2) is 0 Å². The van der Waals surface area contributed by atoms with Crippen molar-refractivity contribution in [3.8, 4) is 0 Å². The molecular weight excluding hydrogens is 687 g/mol. The number of carbonyl (C=O) groups excluding carboxylic acids is 4. The van der Waals surface area contributed by atoms with Crippen LogP contribution in [0.1, 0.15) is 94.2 Å². The Labute approximate surface area is 327 Å². The number of benzene rings is 3. The number of likely N-dealkylation sites (tertiary alicyclic amines) is 3. The van der Waals surface area contributed by atoms with E-state index in [4.69, 9.17) is 0 Å². The number of hydrogen-bond acceptors (Lipinski definition) is 5. The molecule has 0 bridgehead atoms. The van der Waals surface area contributed by atoms with E-state index in [1.165, 1.54) is 45.6 Å². The lowest BCUT2D eigenvalue weighted by Gasteiger charge is -2.38. The molecule has 3 aromatic carbocycles. The molecule has 1 aliphatic carbocycles. The van der Waals surface area contributed by atoms with E-state index in [0.717, 1.165) is 55.0 Å². The molecule has 4 fully saturated rings. The number of nitrogens with one attached hydrogen (secondary N) is 2. The van der Waals surface area contributed by atoms with Gasteiger partial charge in [-0.05, 0) is 80.0 Å². The quantitative estimate of drug-likeness (QED) is 0.225. The van der Waals surface area contributed by atoms with Crippen LogP contribution in [0, 0.1) is 11.8 Å². The van der Waals surface area contributed by atoms with Crippen LogP contribution in [-0.4, -0.2) is 95.7 Å². The standard InChI is InChI=1S/C46H59N5O4/c1-34(52)48-40-28-42(45(55)50-27-15-25-41(50)44(54)47-30-36-18-14-26-49(32-36)31-35-16-6-2-7-17-35)51(33-40)43(53)29-46(37-19-8-3-9-20-37,38-21-10-4-11-22-38)39-23-12-5-13-24-39/h3-5,8-13,19-24,35-36,40-42H,2,6-7,14-18,25-33H2,1H3,(H,47,54)(H,48,52)/t36-,40+,41-,42+/m1/s1. The molecule has 3 aliphatic heterocycles. The van der Waals surface area contributed by atoms with Crippen molar-refractivity contribution in [2.75, 3.05) is 39.3 Å². The molecule has 4 amide bonds. The van der Waals surface area contributed by atoms with Crippen LogP contribution in [0.2, 0.25) is 0 Å². The van der Waals surface area contributed by atoms with Gasteiger partial charge in [0.2, 0.25) is 23.6 Å². The van der Waals surface area contributed by atoms with Crippen molar-refractivity contribution < 1.29 is 19.2 Å². The summed E-state index contributed by atoms with van der Waals surface area (Å²) in [6, 6.07) is 28.6. The fourth-order valence-electron chi connectivity index (χ4n) is 10.1. The predicted molar refractivity (Wildman–Crippen MR) is 215 cm³/mol. The summed E-state index contributed by atoms with van der Waals surface area (Å²) in [4.78, 5) is 61.7. The normalized spacial score (nSPS) is 23.7. The zero-order valence-corrected chi connectivity index (χ0v) is 32.5. The highest BCUT2D eigenvalue weighted by atomic mass is 16.2. The van der Waals surface area contributed by atoms with E-state index in [2.05, 4.69) is 51.9 Å². The second kappa shape index (κ2) is 18.0. The highest BCUT2D eigenvalue weighted by molar-refractivity contribution is 5.93. The summed E-state index contributed by atoms with van der Waals surface area (Å²) in [6.07, 6.45) is 10.7. The smallest absolute Gasteiger partial charge is 0.246 e. The van der Waals surface area contributed by atoms with Gasteiger partial charge in [-0.1, -0.05) is 110 Å². The molecule has 0 unspecified atom stereocenters. The van der Waals surface area contributed by atoms with Crippen LogP contribution >= 0.6 is 0 Å². The third kappa shape index (κ3) is 8.98. The summed E-state index contributed by atoms with van der Waals surface area (Å²) in [6.45, 7) is 6.13. The first-order valence-electron chi connectivity index (χ1n) is 20.9. The van der Waals surface area contributed by atoms with E-state index in [1.807, 2.05) is 54.6 Å². The van der Waals surface area contributed by atoms with Crippen LogP contribution in [0.4, 0.5) is 0 Å². The van der Waals surface area contributed by atoms with E-state index in [9.17, 15) is 19.2 Å². The molecular formula is C46H59N5O4. The zero-order valence-electron chi connectivity index (χ0n) is 32.5. The molecule has 55 heavy (non-hydrogen) atoms. The molecule has 3 saturated heterocycles. The molecule has 3 aromatic rings. The molecule has 7 rings (SSSR count). The maximum Gasteiger partial charge on any atom is 0.246 e. The van der Waals surface area contributed by atoms with Gasteiger partial charge in [-0.2, -0.15) is 0 Å². The Balaban J connectivity index is 1.08. The molecule has 2 N–H and O–H groups in total. The van der Waals surface area contributed by atoms with Gasteiger partial charge in [-0.15, -0.1) is 0 Å². The van der Waals surface area contributed by atoms with Crippen molar-refractivity contribution in [1.29, 1.82) is 0 Å². The second-order valence-corrected chi connectivity index (χ2v) is 16.6. The first-order chi connectivity index (χ1) is 26.8. The van der Waals surface area contributed by atoms with Crippen molar-refractivity contribution >= 4 is 23.6 Å². The highest BCUT2D eigenvalue weighted by Crippen LogP contribution is 2.43. The van der Waals surface area contributed by atoms with Crippen LogP contribution in [0.15, 0.2) is 91.0 Å². The molecule has 4 aliphatic rings. The van der Waals surface area contributed by atoms with Crippen molar-refractivity contribution in [3.63, 3.8) is 0 Å². The third-order valence-electron chi connectivity index (χ3n) is 12.8. The van der Waals surface area contributed by atoms with E-state index >= 15 is 0 Å². The minimum atomic E-state index is -0.832. The maximum absolute atomic E-state index is 14.9. The Morgan fingerprint density at radius 3 is 1.84 bits per heavy atom. The Kier molecular flexibility index (Phi) is 12.7. The minimum Gasteiger partial charge on any atom is -0.354 e. The third-order valence-corrected chi connectivity index (χ3v) is 12.8. The van der Waals surface area contributed by atoms with Gasteiger partial charge in [0.25, 0.3) is 0 Å². The maximum atomic E-state index is 14.9. The number of rotatable bonds is 12. The molecule has 9 nitrogen and oxygen atoms in total. The SMILES string of the molecule is CC(=O)N[C@H]1C[C@@H](C(=O)N2CCC[C@@H]2C(=O)NC[C@H]2CCCN(CC3CCCCC3)C2)N(C(=O)CC(c2ccccc2)(c2ccccc2)c2ccccc2)C1. The zero-order chi connectivity index (χ0) is 38.2. The number of amides is 4. The first-order valence-corrected chi connectivity index (χ1v) is 20.9. The number of carbonyl (C=O) groups is 4. The van der Waals surface area contributed by atoms with E-state index < -0.39 is 17.5 Å². The lowest BCUT2D eigenvalue weighted by Crippen LogP contribution is -2.54. The van der Waals surface area contributed by atoms with Gasteiger partial charge < -0.3 is 25.3 Å². The average molecular weight is 746 g/mol. The summed E-state index contributed by atoms with van der Waals surface area (Å²) < 4.78 is 0. The Morgan fingerprint density at radius 2 is 1.24 bits per heavy atom. The van der Waals surface area contributed by atoms with E-state index in [1.54, 1.807) is 9.80 Å². The van der Waals surface area contributed by atoms with Gasteiger partial charge in [-0.25, -0.2) is 0 Å². The fraction of sp³-hybridized carbons (Fsp3) is 0.522. The average Bonchev–Trinajstić information content (AvgIpc) is 3.88. The number of hydrogen-bond donors (Lipinski definition) is 2. The van der Waals surface area contributed by atoms with Gasteiger partial charge >= 0.3 is 0 Å². The lowest BCUT2D eigenvalue weighted by atomic mass is 9.67. The number of nitrogens with zero attached hydrogens (tertiary/aromatic N) is 3. The van der Waals surface area contributed by atoms with Gasteiger partial charge in [-0.3, -0.25) is 19.2 Å². The lowest BCUT2D eigenvalue weighted by molar-refractivity contribution is -0.146. The van der Waals surface area contributed by atoms with Crippen LogP contribution < -0.4 is 10.6 Å². The van der Waals surface area contributed by atoms with E-state index in [-0.39, 0.29) is 42.6 Å². The van der Waals surface area contributed by atoms with Crippen molar-refractivity contribution in [2.45, 2.75) is 101 Å². The molecule has 292 valence electrons. The van der Waals surface area contributed by atoms with Crippen molar-refractivity contribution in [3.05, 3.63) is 108 Å². The topological polar surface area (TPSA) is 102 Å². The molecule has 4 atom stereocenters. The second-order valence-electron chi connectivity index (χ2n) is 16.6. The Morgan fingerprint density at radius 1 is 0.655 bits per heavy atom. The number of piperidine rings is 1. The van der Waals surface area contributed by atoms with Crippen LogP contribution in [0.5, 0.6) is 0 Å². The highest BCUT2D eigenvalue weighted by Gasteiger charge is 2.48. The fourth-order valence-corrected chi connectivity index (χ4v) is 10.1. The molecule has 3 heterocycles. The molecule has 0 aromatic heterocycles. The minimum absolute atomic E-state index is 0.0880. The van der Waals surface area contributed by atoms with Gasteiger partial charge in [0, 0.05) is 52.1 Å². The molecule has 0 radical (unpaired) electrons. The predicted octanol–water partition coefficient (Wildman–Crippen LogP) is 5.92. The van der Waals surface area contributed by atoms with Crippen LogP contribution in [0.3, 0.4) is 0 Å². The van der Waals surface area contributed by atoms with E-state index in [0.29, 0.717) is 31.8 Å². The summed E-state index contributed by atoms with van der Waals surface area (Å²) in [7, 11) is 0. The first kappa shape index (κ1) is 38.8.